The summed E-state index contributed by atoms with van der Waals surface area (Å²) in [7, 11) is 0. The molecule has 0 aromatic heterocycles. The molecule has 0 bridgehead atoms. The molecule has 0 unspecified atom stereocenters. The second-order valence-corrected chi connectivity index (χ2v) is 7.46. The minimum Gasteiger partial charge on any atom is -0.465 e. The lowest BCUT2D eigenvalue weighted by molar-refractivity contribution is -0.146. The summed E-state index contributed by atoms with van der Waals surface area (Å²) in [6.45, 7) is 16.3. The van der Waals surface area contributed by atoms with Crippen LogP contribution >= 0.6 is 0 Å². The van der Waals surface area contributed by atoms with E-state index in [4.69, 9.17) is 9.47 Å². The van der Waals surface area contributed by atoms with Crippen LogP contribution in [0.25, 0.3) is 0 Å². The molecule has 4 heteroatoms. The van der Waals surface area contributed by atoms with Crippen LogP contribution < -0.4 is 0 Å². The first-order valence-electron chi connectivity index (χ1n) is 6.91. The molecule has 0 saturated heterocycles. The van der Waals surface area contributed by atoms with E-state index in [-0.39, 0.29) is 29.6 Å². The van der Waals surface area contributed by atoms with Crippen LogP contribution in [-0.2, 0) is 19.1 Å². The highest BCUT2D eigenvalue weighted by Crippen LogP contribution is 2.16. The number of rotatable bonds is 6. The van der Waals surface area contributed by atoms with Gasteiger partial charge in [-0.15, -0.1) is 0 Å². The van der Waals surface area contributed by atoms with Crippen LogP contribution in [0, 0.1) is 10.8 Å². The van der Waals surface area contributed by atoms with Crippen molar-refractivity contribution in [1.82, 2.24) is 0 Å². The van der Waals surface area contributed by atoms with Gasteiger partial charge in [-0.3, -0.25) is 4.79 Å². The molecule has 0 aliphatic heterocycles. The lowest BCUT2D eigenvalue weighted by atomic mass is 9.98. The number of hydrogen-bond donors (Lipinski definition) is 0. The van der Waals surface area contributed by atoms with E-state index in [1.807, 2.05) is 41.5 Å². The molecule has 0 fully saturated rings. The van der Waals surface area contributed by atoms with E-state index in [0.29, 0.717) is 18.8 Å². The zero-order valence-corrected chi connectivity index (χ0v) is 13.7. The highest BCUT2D eigenvalue weighted by atomic mass is 16.5. The topological polar surface area (TPSA) is 52.6 Å². The molecule has 0 heterocycles. The molecule has 0 atom stereocenters. The Hall–Kier alpha value is -1.32. The van der Waals surface area contributed by atoms with Crippen molar-refractivity contribution in [2.75, 3.05) is 13.2 Å². The summed E-state index contributed by atoms with van der Waals surface area (Å²) in [6.07, 6.45) is 0.422. The predicted octanol–water partition coefficient (Wildman–Crippen LogP) is 3.50. The third kappa shape index (κ3) is 10.6. The van der Waals surface area contributed by atoms with Gasteiger partial charge < -0.3 is 9.47 Å². The van der Waals surface area contributed by atoms with E-state index in [9.17, 15) is 9.59 Å². The maximum atomic E-state index is 11.6. The van der Waals surface area contributed by atoms with E-state index >= 15 is 0 Å². The fourth-order valence-electron chi connectivity index (χ4n) is 1.11. The first kappa shape index (κ1) is 18.7. The monoisotopic (exact) mass is 284 g/mol. The second-order valence-electron chi connectivity index (χ2n) is 7.46. The SMILES string of the molecule is C=C(CCC(=O)OCC(C)(C)C)C(=O)OCC(C)(C)C. The number of carbonyl (C=O) groups is 2. The van der Waals surface area contributed by atoms with Crippen LogP contribution in [0.5, 0.6) is 0 Å². The quantitative estimate of drug-likeness (QED) is 0.553. The van der Waals surface area contributed by atoms with Gasteiger partial charge in [0.1, 0.15) is 0 Å². The maximum Gasteiger partial charge on any atom is 0.333 e. The van der Waals surface area contributed by atoms with E-state index in [1.54, 1.807) is 0 Å². The van der Waals surface area contributed by atoms with Gasteiger partial charge in [-0.1, -0.05) is 48.1 Å². The van der Waals surface area contributed by atoms with Crippen LogP contribution in [0.3, 0.4) is 0 Å². The molecule has 116 valence electrons. The van der Waals surface area contributed by atoms with Gasteiger partial charge in [0.05, 0.1) is 13.2 Å². The number of ether oxygens (including phenoxy) is 2. The van der Waals surface area contributed by atoms with Crippen molar-refractivity contribution >= 4 is 11.9 Å². The summed E-state index contributed by atoms with van der Waals surface area (Å²) in [4.78, 5) is 23.2. The Bertz CT molecular complexity index is 356. The number of hydrogen-bond acceptors (Lipinski definition) is 4. The molecule has 0 saturated carbocycles. The average Bonchev–Trinajstić information content (AvgIpc) is 2.28. The molecule has 0 aromatic rings. The molecule has 0 aromatic carbocycles. The van der Waals surface area contributed by atoms with Gasteiger partial charge in [0.15, 0.2) is 0 Å². The molecule has 0 amide bonds. The summed E-state index contributed by atoms with van der Waals surface area (Å²) in [6, 6.07) is 0. The van der Waals surface area contributed by atoms with Crippen molar-refractivity contribution in [3.8, 4) is 0 Å². The van der Waals surface area contributed by atoms with Crippen LogP contribution in [0.2, 0.25) is 0 Å². The zero-order chi connectivity index (χ0) is 16.0. The Kier molecular flexibility index (Phi) is 6.97. The molecule has 20 heavy (non-hydrogen) atoms. The smallest absolute Gasteiger partial charge is 0.333 e. The fraction of sp³-hybridized carbons (Fsp3) is 0.750. The molecule has 4 nitrogen and oxygen atoms in total. The second kappa shape index (κ2) is 7.46. The zero-order valence-electron chi connectivity index (χ0n) is 13.7. The Labute approximate surface area is 122 Å². The Morgan fingerprint density at radius 2 is 1.30 bits per heavy atom. The molecular formula is C16H28O4. The standard InChI is InChI=1S/C16H28O4/c1-12(14(18)20-11-16(5,6)7)8-9-13(17)19-10-15(2,3)4/h1,8-11H2,2-7H3. The first-order chi connectivity index (χ1) is 8.91. The minimum atomic E-state index is -0.441. The number of esters is 2. The van der Waals surface area contributed by atoms with Gasteiger partial charge in [-0.2, -0.15) is 0 Å². The third-order valence-electron chi connectivity index (χ3n) is 2.22. The van der Waals surface area contributed by atoms with E-state index in [1.165, 1.54) is 0 Å². The van der Waals surface area contributed by atoms with Crippen LogP contribution in [0.15, 0.2) is 12.2 Å². The molecule has 0 aliphatic carbocycles. The molecule has 0 N–H and O–H groups in total. The van der Waals surface area contributed by atoms with Crippen LogP contribution in [0.1, 0.15) is 54.4 Å². The lowest BCUT2D eigenvalue weighted by Crippen LogP contribution is -2.20. The summed E-state index contributed by atoms with van der Waals surface area (Å²) < 4.78 is 10.2. The predicted molar refractivity (Wildman–Crippen MR) is 79.2 cm³/mol. The molecule has 0 rings (SSSR count). The van der Waals surface area contributed by atoms with Crippen molar-refractivity contribution in [1.29, 1.82) is 0 Å². The third-order valence-corrected chi connectivity index (χ3v) is 2.22. The highest BCUT2D eigenvalue weighted by Gasteiger charge is 2.17. The Morgan fingerprint density at radius 3 is 1.75 bits per heavy atom. The van der Waals surface area contributed by atoms with Crippen LogP contribution in [0.4, 0.5) is 0 Å². The van der Waals surface area contributed by atoms with Gasteiger partial charge in [-0.05, 0) is 17.3 Å². The lowest BCUT2D eigenvalue weighted by Gasteiger charge is -2.19. The molecular weight excluding hydrogens is 256 g/mol. The van der Waals surface area contributed by atoms with E-state index in [2.05, 4.69) is 6.58 Å². The summed E-state index contributed by atoms with van der Waals surface area (Å²) >= 11 is 0. The minimum absolute atomic E-state index is 0.0572. The van der Waals surface area contributed by atoms with Crippen molar-refractivity contribution in [2.45, 2.75) is 54.4 Å². The summed E-state index contributed by atoms with van der Waals surface area (Å²) in [5, 5.41) is 0. The molecule has 0 radical (unpaired) electrons. The molecule has 0 spiro atoms. The first-order valence-corrected chi connectivity index (χ1v) is 6.91. The number of carbonyl (C=O) groups excluding carboxylic acids is 2. The Balaban J connectivity index is 3.98. The van der Waals surface area contributed by atoms with Gasteiger partial charge in [0, 0.05) is 12.0 Å². The van der Waals surface area contributed by atoms with Gasteiger partial charge in [-0.25, -0.2) is 4.79 Å². The fourth-order valence-corrected chi connectivity index (χ4v) is 1.11. The normalized spacial score (nSPS) is 11.9. The average molecular weight is 284 g/mol. The van der Waals surface area contributed by atoms with Gasteiger partial charge in [0.25, 0.3) is 0 Å². The maximum absolute atomic E-state index is 11.6. The summed E-state index contributed by atoms with van der Waals surface area (Å²) in [5.74, 6) is -0.756. The Morgan fingerprint density at radius 1 is 0.850 bits per heavy atom. The molecule has 0 aliphatic rings. The largest absolute Gasteiger partial charge is 0.465 e. The van der Waals surface area contributed by atoms with E-state index < -0.39 is 5.97 Å². The van der Waals surface area contributed by atoms with Crippen molar-refractivity contribution in [3.05, 3.63) is 12.2 Å². The van der Waals surface area contributed by atoms with Crippen molar-refractivity contribution in [3.63, 3.8) is 0 Å². The highest BCUT2D eigenvalue weighted by molar-refractivity contribution is 5.88. The van der Waals surface area contributed by atoms with Crippen molar-refractivity contribution < 1.29 is 19.1 Å². The summed E-state index contributed by atoms with van der Waals surface area (Å²) in [5.41, 5.74) is 0.168. The van der Waals surface area contributed by atoms with Crippen LogP contribution in [-0.4, -0.2) is 25.2 Å². The van der Waals surface area contributed by atoms with Gasteiger partial charge >= 0.3 is 11.9 Å². The van der Waals surface area contributed by atoms with E-state index in [0.717, 1.165) is 0 Å². The van der Waals surface area contributed by atoms with Crippen molar-refractivity contribution in [2.24, 2.45) is 10.8 Å². The van der Waals surface area contributed by atoms with Gasteiger partial charge in [0.2, 0.25) is 0 Å².